The van der Waals surface area contributed by atoms with Gasteiger partial charge in [0.15, 0.2) is 0 Å². The Bertz CT molecular complexity index is 940. The van der Waals surface area contributed by atoms with E-state index in [1.54, 1.807) is 14.2 Å². The van der Waals surface area contributed by atoms with Crippen LogP contribution in [0.2, 0.25) is 0 Å². The molecule has 1 amide bonds. The Morgan fingerprint density at radius 2 is 1.75 bits per heavy atom. The second-order valence-electron chi connectivity index (χ2n) is 9.56. The van der Waals surface area contributed by atoms with E-state index < -0.39 is 0 Å². The normalized spacial score (nSPS) is 25.8. The number of methoxy groups -OCH3 is 2. The fourth-order valence-corrected chi connectivity index (χ4v) is 5.87. The van der Waals surface area contributed by atoms with Gasteiger partial charge in [-0.2, -0.15) is 0 Å². The highest BCUT2D eigenvalue weighted by atomic mass is 16.5. The summed E-state index contributed by atoms with van der Waals surface area (Å²) in [5.41, 5.74) is 2.55. The highest BCUT2D eigenvalue weighted by molar-refractivity contribution is 5.80. The number of hydrogen-bond donors (Lipinski definition) is 0. The monoisotopic (exact) mass is 434 g/mol. The Morgan fingerprint density at radius 1 is 0.969 bits per heavy atom. The fraction of sp³-hybridized carbons (Fsp3) is 0.519. The number of rotatable bonds is 6. The molecule has 2 aromatic carbocycles. The van der Waals surface area contributed by atoms with Gasteiger partial charge in [0.25, 0.3) is 0 Å². The van der Waals surface area contributed by atoms with Crippen LogP contribution in [0.3, 0.4) is 0 Å². The standard InChI is InChI=1S/C27H34N2O3/c1-31-22-12-10-19(11-13-22)23-18-29(27(30)20-7-5-8-20)25-14-15-28(17-24(23)25)16-21-6-3-4-9-26(21)32-2/h3-4,6,9-13,20,23-25H,5,7-8,14-18H2,1-2H3/t23-,24-,25-/m0/s1. The molecule has 0 aromatic heterocycles. The molecular weight excluding hydrogens is 400 g/mol. The van der Waals surface area contributed by atoms with Gasteiger partial charge in [-0.05, 0) is 43.0 Å². The van der Waals surface area contributed by atoms with Crippen LogP contribution in [-0.2, 0) is 11.3 Å². The predicted molar refractivity (Wildman–Crippen MR) is 125 cm³/mol. The minimum Gasteiger partial charge on any atom is -0.497 e. The Balaban J connectivity index is 1.38. The number of fused-ring (bicyclic) bond motifs is 1. The Hall–Kier alpha value is -2.53. The number of carbonyl (C=O) groups excluding carboxylic acids is 1. The molecule has 1 aliphatic carbocycles. The van der Waals surface area contributed by atoms with E-state index in [0.717, 1.165) is 56.9 Å². The van der Waals surface area contributed by atoms with Gasteiger partial charge in [0.05, 0.1) is 14.2 Å². The first-order chi connectivity index (χ1) is 15.7. The van der Waals surface area contributed by atoms with E-state index >= 15 is 0 Å². The summed E-state index contributed by atoms with van der Waals surface area (Å²) in [6.07, 6.45) is 4.39. The maximum atomic E-state index is 13.3. The molecule has 3 atom stereocenters. The lowest BCUT2D eigenvalue weighted by atomic mass is 9.81. The predicted octanol–water partition coefficient (Wildman–Crippen LogP) is 4.32. The number of carbonyl (C=O) groups is 1. The van der Waals surface area contributed by atoms with Crippen molar-refractivity contribution in [3.63, 3.8) is 0 Å². The van der Waals surface area contributed by atoms with Crippen molar-refractivity contribution in [2.45, 2.75) is 44.2 Å². The van der Waals surface area contributed by atoms with Gasteiger partial charge in [0, 0.05) is 55.5 Å². The van der Waals surface area contributed by atoms with Crippen molar-refractivity contribution in [3.8, 4) is 11.5 Å². The topological polar surface area (TPSA) is 42.0 Å². The summed E-state index contributed by atoms with van der Waals surface area (Å²) >= 11 is 0. The zero-order valence-electron chi connectivity index (χ0n) is 19.2. The zero-order valence-corrected chi connectivity index (χ0v) is 19.2. The number of piperidine rings is 1. The van der Waals surface area contributed by atoms with Crippen molar-refractivity contribution in [2.75, 3.05) is 33.9 Å². The van der Waals surface area contributed by atoms with Crippen molar-refractivity contribution in [1.82, 2.24) is 9.80 Å². The van der Waals surface area contributed by atoms with Crippen molar-refractivity contribution < 1.29 is 14.3 Å². The van der Waals surface area contributed by atoms with Crippen LogP contribution < -0.4 is 9.47 Å². The lowest BCUT2D eigenvalue weighted by molar-refractivity contribution is -0.140. The minimum absolute atomic E-state index is 0.261. The SMILES string of the molecule is COc1ccc([C@@H]2CN(C(=O)C3CCC3)[C@H]3CCN(Cc4ccccc4OC)C[C@@H]23)cc1. The molecule has 5 nitrogen and oxygen atoms in total. The second-order valence-corrected chi connectivity index (χ2v) is 9.56. The van der Waals surface area contributed by atoms with Crippen LogP contribution in [0.4, 0.5) is 0 Å². The van der Waals surface area contributed by atoms with Crippen molar-refractivity contribution >= 4 is 5.91 Å². The Morgan fingerprint density at radius 3 is 2.44 bits per heavy atom. The van der Waals surface area contributed by atoms with Crippen LogP contribution in [0.15, 0.2) is 48.5 Å². The van der Waals surface area contributed by atoms with Crippen LogP contribution in [0.25, 0.3) is 0 Å². The fourth-order valence-electron chi connectivity index (χ4n) is 5.87. The molecule has 0 unspecified atom stereocenters. The molecule has 2 aromatic rings. The molecule has 3 fully saturated rings. The molecule has 0 N–H and O–H groups in total. The Kier molecular flexibility index (Phi) is 6.09. The first-order valence-corrected chi connectivity index (χ1v) is 12.0. The lowest BCUT2D eigenvalue weighted by Crippen LogP contribution is -2.49. The number of nitrogens with zero attached hydrogens (tertiary/aromatic N) is 2. The Labute approximate surface area is 191 Å². The number of amides is 1. The molecule has 2 saturated heterocycles. The maximum Gasteiger partial charge on any atom is 0.225 e. The summed E-state index contributed by atoms with van der Waals surface area (Å²) < 4.78 is 11.0. The van der Waals surface area contributed by atoms with Gasteiger partial charge >= 0.3 is 0 Å². The van der Waals surface area contributed by atoms with Crippen LogP contribution in [0, 0.1) is 11.8 Å². The number of benzene rings is 2. The van der Waals surface area contributed by atoms with E-state index in [1.807, 2.05) is 12.1 Å². The molecule has 5 rings (SSSR count). The molecule has 0 radical (unpaired) electrons. The number of ether oxygens (including phenoxy) is 2. The van der Waals surface area contributed by atoms with Gasteiger partial charge in [0.1, 0.15) is 11.5 Å². The highest BCUT2D eigenvalue weighted by Gasteiger charge is 2.48. The molecule has 2 aliphatic heterocycles. The van der Waals surface area contributed by atoms with E-state index in [0.29, 0.717) is 23.8 Å². The van der Waals surface area contributed by atoms with Crippen molar-refractivity contribution in [1.29, 1.82) is 0 Å². The minimum atomic E-state index is 0.261. The molecule has 3 aliphatic rings. The highest BCUT2D eigenvalue weighted by Crippen LogP contribution is 2.44. The molecule has 5 heteroatoms. The smallest absolute Gasteiger partial charge is 0.225 e. The van der Waals surface area contributed by atoms with E-state index in [9.17, 15) is 4.79 Å². The van der Waals surface area contributed by atoms with Crippen molar-refractivity contribution in [3.05, 3.63) is 59.7 Å². The molecule has 170 valence electrons. The third-order valence-electron chi connectivity index (χ3n) is 7.88. The molecular formula is C27H34N2O3. The van der Waals surface area contributed by atoms with E-state index in [1.165, 1.54) is 17.5 Å². The quantitative estimate of drug-likeness (QED) is 0.679. The van der Waals surface area contributed by atoms with Gasteiger partial charge in [-0.3, -0.25) is 9.69 Å². The maximum absolute atomic E-state index is 13.3. The van der Waals surface area contributed by atoms with Crippen LogP contribution in [0.5, 0.6) is 11.5 Å². The average Bonchev–Trinajstić information content (AvgIpc) is 3.17. The lowest BCUT2D eigenvalue weighted by Gasteiger charge is -2.40. The molecule has 32 heavy (non-hydrogen) atoms. The van der Waals surface area contributed by atoms with Crippen LogP contribution >= 0.6 is 0 Å². The largest absolute Gasteiger partial charge is 0.497 e. The summed E-state index contributed by atoms with van der Waals surface area (Å²) in [5, 5.41) is 0. The summed E-state index contributed by atoms with van der Waals surface area (Å²) in [7, 11) is 3.45. The first kappa shape index (κ1) is 21.3. The van der Waals surface area contributed by atoms with Gasteiger partial charge in [-0.1, -0.05) is 36.8 Å². The van der Waals surface area contributed by atoms with E-state index in [4.69, 9.17) is 9.47 Å². The first-order valence-electron chi connectivity index (χ1n) is 12.0. The summed E-state index contributed by atoms with van der Waals surface area (Å²) in [6, 6.07) is 17.1. The third-order valence-corrected chi connectivity index (χ3v) is 7.88. The third kappa shape index (κ3) is 3.99. The zero-order chi connectivity index (χ0) is 22.1. The van der Waals surface area contributed by atoms with E-state index in [-0.39, 0.29) is 5.92 Å². The molecule has 0 bridgehead atoms. The second kappa shape index (κ2) is 9.14. The molecule has 1 saturated carbocycles. The van der Waals surface area contributed by atoms with Gasteiger partial charge < -0.3 is 14.4 Å². The van der Waals surface area contributed by atoms with Gasteiger partial charge in [0.2, 0.25) is 5.91 Å². The molecule has 2 heterocycles. The number of likely N-dealkylation sites (tertiary alicyclic amines) is 2. The molecule has 0 spiro atoms. The van der Waals surface area contributed by atoms with Crippen LogP contribution in [-0.4, -0.2) is 55.6 Å². The van der Waals surface area contributed by atoms with Crippen molar-refractivity contribution in [2.24, 2.45) is 11.8 Å². The van der Waals surface area contributed by atoms with Crippen LogP contribution in [0.1, 0.15) is 42.7 Å². The van der Waals surface area contributed by atoms with Gasteiger partial charge in [-0.25, -0.2) is 0 Å². The summed E-state index contributed by atoms with van der Waals surface area (Å²) in [4.78, 5) is 18.1. The summed E-state index contributed by atoms with van der Waals surface area (Å²) in [5.74, 6) is 3.32. The average molecular weight is 435 g/mol. The number of hydrogen-bond acceptors (Lipinski definition) is 4. The summed E-state index contributed by atoms with van der Waals surface area (Å²) in [6.45, 7) is 3.76. The van der Waals surface area contributed by atoms with E-state index in [2.05, 4.69) is 46.2 Å². The van der Waals surface area contributed by atoms with Gasteiger partial charge in [-0.15, -0.1) is 0 Å². The number of para-hydroxylation sites is 1.